The van der Waals surface area contributed by atoms with Crippen LogP contribution in [-0.4, -0.2) is 52.4 Å². The van der Waals surface area contributed by atoms with E-state index in [2.05, 4.69) is 29.9 Å². The molecule has 0 fully saturated rings. The van der Waals surface area contributed by atoms with Gasteiger partial charge in [-0.2, -0.15) is 5.11 Å². The Balaban J connectivity index is 2.13. The molecule has 0 radical (unpaired) electrons. The Kier molecular flexibility index (Phi) is 5.75. The third-order valence-corrected chi connectivity index (χ3v) is 7.59. The van der Waals surface area contributed by atoms with Gasteiger partial charge >= 0.3 is 0 Å². The normalized spacial score (nSPS) is 14.2. The Hall–Kier alpha value is -3.24. The summed E-state index contributed by atoms with van der Waals surface area (Å²) in [6, 6.07) is 6.13. The Morgan fingerprint density at radius 2 is 1.85 bits per heavy atom. The second-order valence-electron chi connectivity index (χ2n) is 7.19. The maximum atomic E-state index is 12.9. The molecule has 2 aromatic carbocycles. The lowest BCUT2D eigenvalue weighted by atomic mass is 9.96. The fourth-order valence-electron chi connectivity index (χ4n) is 3.60. The summed E-state index contributed by atoms with van der Waals surface area (Å²) in [7, 11) is -8.87. The number of aryl methyl sites for hydroxylation is 1. The lowest BCUT2D eigenvalue weighted by Gasteiger charge is -2.17. The minimum Gasteiger partial charge on any atom is -0.369 e. The summed E-state index contributed by atoms with van der Waals surface area (Å²) in [4.78, 5) is 10.2. The maximum Gasteiger partial charge on any atom is 0.241 e. The Morgan fingerprint density at radius 3 is 2.48 bits per heavy atom. The van der Waals surface area contributed by atoms with E-state index in [1.165, 1.54) is 6.07 Å². The molecule has 0 saturated carbocycles. The van der Waals surface area contributed by atoms with Gasteiger partial charge in [0.25, 0.3) is 0 Å². The number of nitrogens with one attached hydrogen (secondary N) is 2. The highest BCUT2D eigenvalue weighted by Crippen LogP contribution is 2.38. The number of nitrogens with zero attached hydrogens (tertiary/aromatic N) is 4. The highest BCUT2D eigenvalue weighted by Gasteiger charge is 2.33. The monoisotopic (exact) mass is 491 g/mol. The first-order valence-corrected chi connectivity index (χ1v) is 12.6. The van der Waals surface area contributed by atoms with Gasteiger partial charge in [0, 0.05) is 18.7 Å². The number of amidine groups is 1. The third kappa shape index (κ3) is 4.11. The molecule has 0 unspecified atom stereocenters. The van der Waals surface area contributed by atoms with Crippen LogP contribution in [0.3, 0.4) is 0 Å². The van der Waals surface area contributed by atoms with Crippen LogP contribution >= 0.6 is 0 Å². The summed E-state index contributed by atoms with van der Waals surface area (Å²) in [5.41, 5.74) is 13.9. The number of nitrogen functional groups attached to an aromatic ring is 1. The zero-order chi connectivity index (χ0) is 24.0. The van der Waals surface area contributed by atoms with Crippen LogP contribution in [0.25, 0.3) is 22.2 Å². The first kappa shape index (κ1) is 22.9. The zero-order valence-corrected chi connectivity index (χ0v) is 19.0. The number of imidazole rings is 1. The molecule has 0 amide bonds. The Morgan fingerprint density at radius 1 is 1.12 bits per heavy atom. The number of fused-ring (bicyclic) bond motifs is 1. The zero-order valence-electron chi connectivity index (χ0n) is 17.4. The van der Waals surface area contributed by atoms with Crippen LogP contribution in [-0.2, 0) is 20.0 Å². The Bertz CT molecular complexity index is 1540. The van der Waals surface area contributed by atoms with Gasteiger partial charge in [0.1, 0.15) is 9.79 Å². The molecule has 15 heteroatoms. The number of sulfonamides is 2. The Labute approximate surface area is 189 Å². The van der Waals surface area contributed by atoms with Crippen molar-refractivity contribution in [3.63, 3.8) is 0 Å². The highest BCUT2D eigenvalue weighted by molar-refractivity contribution is 7.92. The topological polar surface area (TPSA) is 224 Å². The van der Waals surface area contributed by atoms with Gasteiger partial charge in [0.15, 0.2) is 18.5 Å². The summed E-state index contributed by atoms with van der Waals surface area (Å²) < 4.78 is 53.6. The SMILES string of the molecule is Cc1ccc(-c2ccc(S(=O)(=O)NCCN)c(S(N)(=O)=O)c2C2=NCN=N2)c2[nH]c(N)nc12. The van der Waals surface area contributed by atoms with Crippen molar-refractivity contribution in [3.8, 4) is 11.1 Å². The molecule has 0 spiro atoms. The van der Waals surface area contributed by atoms with E-state index in [1.54, 1.807) is 12.1 Å². The predicted molar refractivity (Wildman–Crippen MR) is 123 cm³/mol. The molecule has 1 aliphatic rings. The fraction of sp³-hybridized carbons (Fsp3) is 0.222. The van der Waals surface area contributed by atoms with Crippen LogP contribution in [0, 0.1) is 6.92 Å². The smallest absolute Gasteiger partial charge is 0.241 e. The van der Waals surface area contributed by atoms with E-state index in [0.717, 1.165) is 11.6 Å². The maximum absolute atomic E-state index is 12.9. The standard InChI is InChI=1S/C18H21N9O4S2/c1-9-2-3-11(15-14(9)25-18(20)26-15)10-4-5-12(33(30,31)24-7-6-19)16(32(21,28)29)13(10)17-22-8-23-27-17/h2-5,24H,6-8,19H2,1H3,(H3,20,25,26)(H2,21,28,29). The summed E-state index contributed by atoms with van der Waals surface area (Å²) in [5.74, 6) is 0.1000. The number of azo groups is 1. The average molecular weight is 492 g/mol. The van der Waals surface area contributed by atoms with Crippen molar-refractivity contribution in [1.82, 2.24) is 14.7 Å². The lowest BCUT2D eigenvalue weighted by Crippen LogP contribution is -2.31. The van der Waals surface area contributed by atoms with Crippen molar-refractivity contribution in [2.24, 2.45) is 26.1 Å². The lowest BCUT2D eigenvalue weighted by molar-refractivity contribution is 0.573. The van der Waals surface area contributed by atoms with Crippen molar-refractivity contribution in [3.05, 3.63) is 35.4 Å². The second-order valence-corrected chi connectivity index (χ2v) is 10.4. The first-order valence-electron chi connectivity index (χ1n) is 9.61. The van der Waals surface area contributed by atoms with Gasteiger partial charge < -0.3 is 16.5 Å². The van der Waals surface area contributed by atoms with Gasteiger partial charge in [-0.1, -0.05) is 18.2 Å². The number of aliphatic imine (C=N–C) groups is 1. The van der Waals surface area contributed by atoms with E-state index in [0.29, 0.717) is 22.2 Å². The summed E-state index contributed by atoms with van der Waals surface area (Å²) >= 11 is 0. The molecule has 13 nitrogen and oxygen atoms in total. The van der Waals surface area contributed by atoms with Crippen molar-refractivity contribution >= 4 is 42.9 Å². The van der Waals surface area contributed by atoms with Crippen molar-refractivity contribution in [1.29, 1.82) is 0 Å². The molecule has 4 rings (SSSR count). The number of H-pyrrole nitrogens is 1. The van der Waals surface area contributed by atoms with Crippen molar-refractivity contribution in [2.45, 2.75) is 16.7 Å². The molecule has 2 heterocycles. The van der Waals surface area contributed by atoms with Crippen molar-refractivity contribution < 1.29 is 16.8 Å². The first-order chi connectivity index (χ1) is 15.5. The van der Waals surface area contributed by atoms with Crippen LogP contribution in [0.2, 0.25) is 0 Å². The summed E-state index contributed by atoms with van der Waals surface area (Å²) in [6.45, 7) is 1.72. The highest BCUT2D eigenvalue weighted by atomic mass is 32.2. The van der Waals surface area contributed by atoms with Gasteiger partial charge in [0.05, 0.1) is 16.6 Å². The van der Waals surface area contributed by atoms with Gasteiger partial charge in [-0.15, -0.1) is 5.11 Å². The van der Waals surface area contributed by atoms with Gasteiger partial charge in [-0.05, 0) is 24.1 Å². The molecule has 8 N–H and O–H groups in total. The fourth-order valence-corrected chi connectivity index (χ4v) is 6.25. The second kappa shape index (κ2) is 8.27. The van der Waals surface area contributed by atoms with E-state index in [9.17, 15) is 16.8 Å². The number of hydrogen-bond acceptors (Lipinski definition) is 10. The van der Waals surface area contributed by atoms with E-state index >= 15 is 0 Å². The molecule has 1 aromatic heterocycles. The van der Waals surface area contributed by atoms with E-state index in [-0.39, 0.29) is 37.1 Å². The number of rotatable bonds is 7. The van der Waals surface area contributed by atoms with Gasteiger partial charge in [-0.3, -0.25) is 0 Å². The minimum absolute atomic E-state index is 0.0123. The molecular weight excluding hydrogens is 470 g/mol. The predicted octanol–water partition coefficient (Wildman–Crippen LogP) is 0.175. The van der Waals surface area contributed by atoms with Gasteiger partial charge in [0.2, 0.25) is 20.0 Å². The van der Waals surface area contributed by atoms with Crippen LogP contribution in [0.1, 0.15) is 11.1 Å². The number of hydrogen-bond donors (Lipinski definition) is 5. The molecular formula is C18H21N9O4S2. The molecule has 0 aliphatic carbocycles. The number of aromatic nitrogens is 2. The molecule has 0 atom stereocenters. The molecule has 33 heavy (non-hydrogen) atoms. The summed E-state index contributed by atoms with van der Waals surface area (Å²) in [5, 5.41) is 13.2. The number of nitrogens with two attached hydrogens (primary N) is 3. The van der Waals surface area contributed by atoms with E-state index < -0.39 is 29.8 Å². The molecule has 0 saturated heterocycles. The van der Waals surface area contributed by atoms with Crippen LogP contribution in [0.5, 0.6) is 0 Å². The largest absolute Gasteiger partial charge is 0.369 e. The molecule has 174 valence electrons. The number of anilines is 1. The van der Waals surface area contributed by atoms with Crippen LogP contribution < -0.4 is 21.3 Å². The number of aromatic amines is 1. The van der Waals surface area contributed by atoms with E-state index in [1.807, 2.05) is 6.92 Å². The minimum atomic E-state index is -4.58. The molecule has 3 aromatic rings. The number of primary sulfonamides is 1. The van der Waals surface area contributed by atoms with Crippen molar-refractivity contribution in [2.75, 3.05) is 25.5 Å². The summed E-state index contributed by atoms with van der Waals surface area (Å²) in [6.07, 6.45) is 0. The number of benzene rings is 2. The van der Waals surface area contributed by atoms with Crippen LogP contribution in [0.4, 0.5) is 5.95 Å². The van der Waals surface area contributed by atoms with Crippen LogP contribution in [0.15, 0.2) is 49.3 Å². The molecule has 0 bridgehead atoms. The average Bonchev–Trinajstić information content (AvgIpc) is 3.41. The quantitative estimate of drug-likeness (QED) is 0.308. The molecule has 1 aliphatic heterocycles. The van der Waals surface area contributed by atoms with Gasteiger partial charge in [-0.25, -0.2) is 36.7 Å². The van der Waals surface area contributed by atoms with E-state index in [4.69, 9.17) is 16.6 Å². The third-order valence-electron chi connectivity index (χ3n) is 4.96.